The van der Waals surface area contributed by atoms with Crippen LogP contribution in [-0.2, 0) is 27.2 Å². The van der Waals surface area contributed by atoms with Crippen molar-refractivity contribution in [1.82, 2.24) is 10.6 Å². The zero-order valence-electron chi connectivity index (χ0n) is 13.0. The number of rotatable bonds is 11. The lowest BCUT2D eigenvalue weighted by atomic mass is 10.2. The molecule has 0 bridgehead atoms. The van der Waals surface area contributed by atoms with Gasteiger partial charge < -0.3 is 25.5 Å². The van der Waals surface area contributed by atoms with E-state index in [0.29, 0.717) is 0 Å². The van der Waals surface area contributed by atoms with Crippen LogP contribution in [0.2, 0.25) is 0 Å². The zero-order valence-corrected chi connectivity index (χ0v) is 14.7. The van der Waals surface area contributed by atoms with Crippen LogP contribution >= 0.6 is 15.6 Å². The van der Waals surface area contributed by atoms with Gasteiger partial charge in [0.05, 0.1) is 19.8 Å². The second-order valence-corrected chi connectivity index (χ2v) is 8.00. The van der Waals surface area contributed by atoms with Gasteiger partial charge in [-0.15, -0.1) is 0 Å². The maximum Gasteiger partial charge on any atom is 0.472 e. The lowest BCUT2D eigenvalue weighted by Crippen LogP contribution is -2.27. The van der Waals surface area contributed by atoms with Gasteiger partial charge in [-0.2, -0.15) is 0 Å². The van der Waals surface area contributed by atoms with Crippen LogP contribution in [0.1, 0.15) is 6.42 Å². The molecule has 1 rings (SSSR count). The smallest absolute Gasteiger partial charge is 0.388 e. The van der Waals surface area contributed by atoms with Gasteiger partial charge in [0.2, 0.25) is 0 Å². The topological polar surface area (TPSA) is 156 Å². The van der Waals surface area contributed by atoms with Crippen LogP contribution in [0.5, 0.6) is 0 Å². The Morgan fingerprint density at radius 2 is 1.83 bits per heavy atom. The number of hydrogen-bond donors (Lipinski definition) is 5. The number of aliphatic hydroxyl groups is 1. The molecule has 5 atom stereocenters. The normalized spacial score (nSPS) is 28.2. The van der Waals surface area contributed by atoms with E-state index in [1.54, 1.807) is 0 Å². The molecule has 0 saturated carbocycles. The van der Waals surface area contributed by atoms with Crippen molar-refractivity contribution in [1.29, 1.82) is 0 Å². The average molecular weight is 378 g/mol. The van der Waals surface area contributed by atoms with Crippen LogP contribution in [0.25, 0.3) is 0 Å². The Balaban J connectivity index is 2.24. The number of aliphatic hydroxyl groups excluding tert-OH is 1. The van der Waals surface area contributed by atoms with Crippen LogP contribution in [-0.4, -0.2) is 73.6 Å². The molecule has 13 heteroatoms. The lowest BCUT2D eigenvalue weighted by Gasteiger charge is -2.18. The third kappa shape index (κ3) is 8.67. The first-order chi connectivity index (χ1) is 10.7. The van der Waals surface area contributed by atoms with E-state index < -0.39 is 35.0 Å². The van der Waals surface area contributed by atoms with Gasteiger partial charge in [-0.3, -0.25) is 18.1 Å². The Hall–Kier alpha value is 0.1000. The largest absolute Gasteiger partial charge is 0.472 e. The molecule has 0 aromatic heterocycles. The first-order valence-electron chi connectivity index (χ1n) is 6.91. The Morgan fingerprint density at radius 1 is 1.22 bits per heavy atom. The van der Waals surface area contributed by atoms with Crippen molar-refractivity contribution in [2.45, 2.75) is 24.6 Å². The van der Waals surface area contributed by atoms with E-state index in [2.05, 4.69) is 24.2 Å². The van der Waals surface area contributed by atoms with Crippen LogP contribution in [0.15, 0.2) is 0 Å². The first kappa shape index (κ1) is 21.1. The molecule has 138 valence electrons. The highest BCUT2D eigenvalue weighted by molar-refractivity contribution is 7.47. The molecule has 0 radical (unpaired) electrons. The predicted octanol–water partition coefficient (Wildman–Crippen LogP) is -0.806. The molecule has 5 N–H and O–H groups in total. The molecule has 11 nitrogen and oxygen atoms in total. The highest BCUT2D eigenvalue weighted by Crippen LogP contribution is 2.44. The van der Waals surface area contributed by atoms with Crippen LogP contribution in [0.3, 0.4) is 0 Å². The molecule has 1 saturated heterocycles. The number of likely N-dealkylation sites (N-methyl/N-ethyl adjacent to an activating group) is 1. The van der Waals surface area contributed by atoms with Crippen molar-refractivity contribution in [3.05, 3.63) is 0 Å². The molecule has 0 aromatic rings. The summed E-state index contributed by atoms with van der Waals surface area (Å²) in [6, 6.07) is 0.197. The van der Waals surface area contributed by atoms with E-state index in [4.69, 9.17) is 9.42 Å². The molecule has 3 unspecified atom stereocenters. The zero-order chi connectivity index (χ0) is 17.5. The van der Waals surface area contributed by atoms with Crippen molar-refractivity contribution < 1.29 is 42.1 Å². The van der Waals surface area contributed by atoms with Gasteiger partial charge in [0, 0.05) is 25.7 Å². The van der Waals surface area contributed by atoms with Crippen molar-refractivity contribution in [3.63, 3.8) is 0 Å². The number of nitrogens with one attached hydrogen (secondary N) is 2. The summed E-state index contributed by atoms with van der Waals surface area (Å²) in [5.74, 6) is 0. The second-order valence-electron chi connectivity index (χ2n) is 4.99. The summed E-state index contributed by atoms with van der Waals surface area (Å²) in [5, 5.41) is 15.7. The number of phosphoric ester groups is 2. The highest BCUT2D eigenvalue weighted by atomic mass is 31.2. The van der Waals surface area contributed by atoms with Crippen molar-refractivity contribution in [3.8, 4) is 0 Å². The average Bonchev–Trinajstić information content (AvgIpc) is 2.97. The molecule has 23 heavy (non-hydrogen) atoms. The minimum absolute atomic E-state index is 0.0198. The summed E-state index contributed by atoms with van der Waals surface area (Å²) in [6.07, 6.45) is -0.650. The van der Waals surface area contributed by atoms with Gasteiger partial charge in [-0.05, 0) is 13.5 Å². The maximum absolute atomic E-state index is 11.7. The molecule has 1 aliphatic rings. The minimum Gasteiger partial charge on any atom is -0.388 e. The van der Waals surface area contributed by atoms with Crippen LogP contribution in [0, 0.1) is 0 Å². The van der Waals surface area contributed by atoms with E-state index in [1.165, 1.54) is 0 Å². The summed E-state index contributed by atoms with van der Waals surface area (Å²) in [6.45, 7) is -0.490. The van der Waals surface area contributed by atoms with Gasteiger partial charge in [-0.1, -0.05) is 0 Å². The van der Waals surface area contributed by atoms with Crippen molar-refractivity contribution >= 4 is 15.6 Å². The van der Waals surface area contributed by atoms with E-state index in [-0.39, 0.29) is 18.7 Å². The van der Waals surface area contributed by atoms with E-state index >= 15 is 0 Å². The second kappa shape index (κ2) is 9.55. The molecular formula is C10H24N2O9P2. The number of hydrogen-bond acceptors (Lipinski definition) is 9. The predicted molar refractivity (Wildman–Crippen MR) is 79.8 cm³/mol. The van der Waals surface area contributed by atoms with Gasteiger partial charge in [0.1, 0.15) is 6.10 Å². The molecule has 1 aliphatic heterocycles. The van der Waals surface area contributed by atoms with E-state index in [9.17, 15) is 19.1 Å². The van der Waals surface area contributed by atoms with Crippen LogP contribution in [0.4, 0.5) is 0 Å². The fourth-order valence-corrected chi connectivity index (χ4v) is 3.12. The summed E-state index contributed by atoms with van der Waals surface area (Å²) in [5.41, 5.74) is 0. The Kier molecular flexibility index (Phi) is 8.78. The van der Waals surface area contributed by atoms with Crippen LogP contribution < -0.4 is 10.6 Å². The molecule has 0 spiro atoms. The molecule has 1 heterocycles. The monoisotopic (exact) mass is 378 g/mol. The fraction of sp³-hybridized carbons (Fsp3) is 1.00. The molecular weight excluding hydrogens is 354 g/mol. The fourth-order valence-electron chi connectivity index (χ4n) is 1.85. The first-order valence-corrected chi connectivity index (χ1v) is 9.90. The number of phosphoric acid groups is 2. The standard InChI is InChI=1S/C10H24N2O9P2/c1-11-8-3-9(12-4-8)5-19-23(16,17)21-7-10(13)6-20-22(14,15)18-2/h8-13H,3-7H2,1-2H3,(H,14,15)(H,16,17)/t8-,9-,10?/m0/s1. The minimum atomic E-state index is -4.34. The van der Waals surface area contributed by atoms with Gasteiger partial charge in [0.15, 0.2) is 0 Å². The Morgan fingerprint density at radius 3 is 2.35 bits per heavy atom. The Bertz CT molecular complexity index is 452. The van der Waals surface area contributed by atoms with E-state index in [0.717, 1.165) is 20.1 Å². The van der Waals surface area contributed by atoms with Gasteiger partial charge in [-0.25, -0.2) is 9.13 Å². The van der Waals surface area contributed by atoms with E-state index in [1.807, 2.05) is 7.05 Å². The Labute approximate surface area is 134 Å². The molecule has 0 aromatic carbocycles. The maximum atomic E-state index is 11.7. The SMILES string of the molecule is CN[C@@H]1CN[C@H](COP(=O)(O)OCC(O)COP(=O)(O)OC)C1. The third-order valence-corrected chi connectivity index (χ3v) is 5.05. The summed E-state index contributed by atoms with van der Waals surface area (Å²) >= 11 is 0. The third-order valence-electron chi connectivity index (χ3n) is 3.16. The summed E-state index contributed by atoms with van der Waals surface area (Å²) < 4.78 is 40.7. The summed E-state index contributed by atoms with van der Waals surface area (Å²) in [7, 11) is -5.76. The lowest BCUT2D eigenvalue weighted by molar-refractivity contribution is 0.0314. The van der Waals surface area contributed by atoms with Crippen molar-refractivity contribution in [2.75, 3.05) is 40.5 Å². The highest BCUT2D eigenvalue weighted by Gasteiger charge is 2.29. The van der Waals surface area contributed by atoms with Crippen molar-refractivity contribution in [2.24, 2.45) is 0 Å². The quantitative estimate of drug-likeness (QED) is 0.287. The summed E-state index contributed by atoms with van der Waals surface area (Å²) in [4.78, 5) is 18.5. The van der Waals surface area contributed by atoms with Gasteiger partial charge in [0.25, 0.3) is 0 Å². The molecule has 0 aliphatic carbocycles. The molecule has 1 fully saturated rings. The van der Waals surface area contributed by atoms with Gasteiger partial charge >= 0.3 is 15.6 Å². The molecule has 0 amide bonds.